The zero-order valence-electron chi connectivity index (χ0n) is 16.5. The van der Waals surface area contributed by atoms with Crippen LogP contribution in [-0.2, 0) is 0 Å². The lowest BCUT2D eigenvalue weighted by atomic mass is 10.2. The minimum Gasteiger partial charge on any atom is -0.439 e. The normalized spacial score (nSPS) is 10.9. The lowest BCUT2D eigenvalue weighted by molar-refractivity contribution is 0.102. The molecule has 9 heteroatoms. The second-order valence-corrected chi connectivity index (χ2v) is 6.72. The summed E-state index contributed by atoms with van der Waals surface area (Å²) in [4.78, 5) is 25.5. The van der Waals surface area contributed by atoms with Gasteiger partial charge in [0.1, 0.15) is 23.4 Å². The number of amides is 1. The van der Waals surface area contributed by atoms with Crippen LogP contribution in [0.1, 0.15) is 16.2 Å². The van der Waals surface area contributed by atoms with E-state index in [1.807, 2.05) is 37.4 Å². The average Bonchev–Trinajstić information content (AvgIpc) is 3.42. The summed E-state index contributed by atoms with van der Waals surface area (Å²) in [7, 11) is 0. The standard InChI is InChI=1S/C22H17N7O2/c1-15-21(28-11-3-2-5-18(28)26-15)22(30)27-16-6-8-17(9-7-16)31-20-13-19(23-14-24-20)29-12-4-10-25-29/h2-14H,1H3,(H,27,30). The molecule has 0 bridgehead atoms. The van der Waals surface area contributed by atoms with Crippen molar-refractivity contribution in [3.63, 3.8) is 0 Å². The summed E-state index contributed by atoms with van der Waals surface area (Å²) in [5.41, 5.74) is 2.54. The number of ether oxygens (including phenoxy) is 1. The highest BCUT2D eigenvalue weighted by Crippen LogP contribution is 2.23. The molecule has 31 heavy (non-hydrogen) atoms. The predicted octanol–water partition coefficient (Wildman–Crippen LogP) is 3.66. The molecule has 1 amide bonds. The number of benzene rings is 1. The summed E-state index contributed by atoms with van der Waals surface area (Å²) < 4.78 is 9.20. The Morgan fingerprint density at radius 3 is 2.71 bits per heavy atom. The molecule has 1 aromatic carbocycles. The molecule has 0 unspecified atom stereocenters. The molecule has 0 aliphatic carbocycles. The van der Waals surface area contributed by atoms with Gasteiger partial charge in [-0.05, 0) is 49.4 Å². The minimum atomic E-state index is -0.232. The Balaban J connectivity index is 1.31. The van der Waals surface area contributed by atoms with E-state index in [1.54, 1.807) is 51.8 Å². The van der Waals surface area contributed by atoms with Crippen LogP contribution in [0.5, 0.6) is 11.6 Å². The van der Waals surface area contributed by atoms with Crippen LogP contribution in [0.3, 0.4) is 0 Å². The first-order valence-corrected chi connectivity index (χ1v) is 9.52. The molecule has 4 aromatic heterocycles. The fourth-order valence-corrected chi connectivity index (χ4v) is 3.22. The summed E-state index contributed by atoms with van der Waals surface area (Å²) in [6, 6.07) is 16.2. The molecule has 0 atom stereocenters. The van der Waals surface area contributed by atoms with Crippen molar-refractivity contribution in [3.05, 3.63) is 90.9 Å². The van der Waals surface area contributed by atoms with Crippen molar-refractivity contribution in [2.45, 2.75) is 6.92 Å². The van der Waals surface area contributed by atoms with Gasteiger partial charge in [-0.25, -0.2) is 19.6 Å². The number of fused-ring (bicyclic) bond motifs is 1. The van der Waals surface area contributed by atoms with Gasteiger partial charge in [0, 0.05) is 30.3 Å². The van der Waals surface area contributed by atoms with Crippen LogP contribution < -0.4 is 10.1 Å². The van der Waals surface area contributed by atoms with E-state index >= 15 is 0 Å². The summed E-state index contributed by atoms with van der Waals surface area (Å²) in [6.45, 7) is 1.82. The maximum Gasteiger partial charge on any atom is 0.274 e. The Morgan fingerprint density at radius 1 is 1.03 bits per heavy atom. The lowest BCUT2D eigenvalue weighted by Gasteiger charge is -2.09. The van der Waals surface area contributed by atoms with Gasteiger partial charge in [0.05, 0.1) is 5.69 Å². The fraction of sp³-hybridized carbons (Fsp3) is 0.0455. The van der Waals surface area contributed by atoms with Gasteiger partial charge < -0.3 is 10.1 Å². The molecule has 5 aromatic rings. The van der Waals surface area contributed by atoms with Gasteiger partial charge in [0.25, 0.3) is 5.91 Å². The highest BCUT2D eigenvalue weighted by atomic mass is 16.5. The van der Waals surface area contributed by atoms with Crippen LogP contribution >= 0.6 is 0 Å². The summed E-state index contributed by atoms with van der Waals surface area (Å²) >= 11 is 0. The van der Waals surface area contributed by atoms with Crippen LogP contribution in [-0.4, -0.2) is 35.0 Å². The number of hydrogen-bond donors (Lipinski definition) is 1. The number of carbonyl (C=O) groups excluding carboxylic acids is 1. The van der Waals surface area contributed by atoms with Gasteiger partial charge in [-0.2, -0.15) is 5.10 Å². The van der Waals surface area contributed by atoms with E-state index in [9.17, 15) is 4.79 Å². The summed E-state index contributed by atoms with van der Waals surface area (Å²) in [5, 5.41) is 7.05. The molecule has 0 aliphatic heterocycles. The Bertz CT molecular complexity index is 1360. The van der Waals surface area contributed by atoms with E-state index < -0.39 is 0 Å². The van der Waals surface area contributed by atoms with Crippen LogP contribution in [0.2, 0.25) is 0 Å². The number of aryl methyl sites for hydroxylation is 1. The summed E-state index contributed by atoms with van der Waals surface area (Å²) in [6.07, 6.45) is 6.69. The molecule has 0 aliphatic rings. The molecular weight excluding hydrogens is 394 g/mol. The molecule has 5 rings (SSSR count). The molecule has 152 valence electrons. The van der Waals surface area contributed by atoms with Crippen molar-refractivity contribution < 1.29 is 9.53 Å². The second-order valence-electron chi connectivity index (χ2n) is 6.72. The summed E-state index contributed by atoms with van der Waals surface area (Å²) in [5.74, 6) is 1.33. The van der Waals surface area contributed by atoms with Gasteiger partial charge >= 0.3 is 0 Å². The quantitative estimate of drug-likeness (QED) is 0.474. The van der Waals surface area contributed by atoms with E-state index in [4.69, 9.17) is 4.74 Å². The monoisotopic (exact) mass is 411 g/mol. The Morgan fingerprint density at radius 2 is 1.90 bits per heavy atom. The highest BCUT2D eigenvalue weighted by Gasteiger charge is 2.16. The highest BCUT2D eigenvalue weighted by molar-refractivity contribution is 6.04. The molecule has 4 heterocycles. The molecular formula is C22H17N7O2. The third-order valence-corrected chi connectivity index (χ3v) is 4.62. The SMILES string of the molecule is Cc1nc2ccccn2c1C(=O)Nc1ccc(Oc2cc(-n3cccn3)ncn2)cc1. The smallest absolute Gasteiger partial charge is 0.274 e. The van der Waals surface area contributed by atoms with Crippen molar-refractivity contribution in [3.8, 4) is 17.4 Å². The van der Waals surface area contributed by atoms with Crippen LogP contribution in [0.25, 0.3) is 11.5 Å². The van der Waals surface area contributed by atoms with Crippen molar-refractivity contribution >= 4 is 17.2 Å². The topological polar surface area (TPSA) is 99.2 Å². The first kappa shape index (κ1) is 18.5. The molecule has 0 radical (unpaired) electrons. The minimum absolute atomic E-state index is 0.232. The molecule has 9 nitrogen and oxygen atoms in total. The number of rotatable bonds is 5. The average molecular weight is 411 g/mol. The maximum absolute atomic E-state index is 12.8. The van der Waals surface area contributed by atoms with E-state index in [0.717, 1.165) is 5.65 Å². The number of imidazole rings is 1. The largest absolute Gasteiger partial charge is 0.439 e. The third-order valence-electron chi connectivity index (χ3n) is 4.62. The number of hydrogen-bond acceptors (Lipinski definition) is 6. The second kappa shape index (κ2) is 7.71. The molecule has 0 saturated carbocycles. The van der Waals surface area contributed by atoms with Crippen molar-refractivity contribution in [2.24, 2.45) is 0 Å². The first-order valence-electron chi connectivity index (χ1n) is 9.52. The number of nitrogens with zero attached hydrogens (tertiary/aromatic N) is 6. The molecule has 0 spiro atoms. The number of nitrogens with one attached hydrogen (secondary N) is 1. The van der Waals surface area contributed by atoms with E-state index in [-0.39, 0.29) is 5.91 Å². The van der Waals surface area contributed by atoms with Crippen molar-refractivity contribution in [2.75, 3.05) is 5.32 Å². The third kappa shape index (κ3) is 3.71. The van der Waals surface area contributed by atoms with Crippen molar-refractivity contribution in [1.29, 1.82) is 0 Å². The van der Waals surface area contributed by atoms with E-state index in [2.05, 4.69) is 25.4 Å². The zero-order chi connectivity index (χ0) is 21.2. The van der Waals surface area contributed by atoms with Crippen LogP contribution in [0.4, 0.5) is 5.69 Å². The number of aromatic nitrogens is 6. The maximum atomic E-state index is 12.8. The van der Waals surface area contributed by atoms with E-state index in [0.29, 0.717) is 34.5 Å². The zero-order valence-corrected chi connectivity index (χ0v) is 16.5. The molecule has 1 N–H and O–H groups in total. The van der Waals surface area contributed by atoms with Gasteiger partial charge in [-0.15, -0.1) is 0 Å². The molecule has 0 fully saturated rings. The van der Waals surface area contributed by atoms with Crippen LogP contribution in [0.15, 0.2) is 79.5 Å². The van der Waals surface area contributed by atoms with E-state index in [1.165, 1.54) is 6.33 Å². The predicted molar refractivity (Wildman–Crippen MR) is 114 cm³/mol. The van der Waals surface area contributed by atoms with Gasteiger partial charge in [0.15, 0.2) is 5.82 Å². The lowest BCUT2D eigenvalue weighted by Crippen LogP contribution is -2.15. The van der Waals surface area contributed by atoms with Gasteiger partial charge in [0.2, 0.25) is 5.88 Å². The molecule has 0 saturated heterocycles. The number of pyridine rings is 1. The Hall–Kier alpha value is -4.53. The fourth-order valence-electron chi connectivity index (χ4n) is 3.22. The first-order chi connectivity index (χ1) is 15.2. The Kier molecular flexibility index (Phi) is 4.60. The van der Waals surface area contributed by atoms with Gasteiger partial charge in [-0.1, -0.05) is 6.07 Å². The van der Waals surface area contributed by atoms with Gasteiger partial charge in [-0.3, -0.25) is 9.20 Å². The Labute approximate surface area is 177 Å². The van der Waals surface area contributed by atoms with Crippen LogP contribution in [0, 0.1) is 6.92 Å². The van der Waals surface area contributed by atoms with Crippen molar-refractivity contribution in [1.82, 2.24) is 29.1 Å². The number of carbonyl (C=O) groups is 1. The number of anilines is 1.